The van der Waals surface area contributed by atoms with Crippen molar-refractivity contribution in [3.8, 4) is 5.75 Å². The predicted molar refractivity (Wildman–Crippen MR) is 91.6 cm³/mol. The Kier molecular flexibility index (Phi) is 4.35. The van der Waals surface area contributed by atoms with E-state index in [4.69, 9.17) is 0 Å². The lowest BCUT2D eigenvalue weighted by atomic mass is 10.1. The first kappa shape index (κ1) is 15.8. The van der Waals surface area contributed by atoms with Gasteiger partial charge in [-0.2, -0.15) is 0 Å². The first-order chi connectivity index (χ1) is 11.5. The van der Waals surface area contributed by atoms with Crippen LogP contribution in [0, 0.1) is 0 Å². The summed E-state index contributed by atoms with van der Waals surface area (Å²) < 4.78 is 0. The number of carbonyl (C=O) groups is 3. The molecule has 1 fully saturated rings. The molecule has 120 valence electrons. The van der Waals surface area contributed by atoms with Gasteiger partial charge in [-0.1, -0.05) is 12.1 Å². The minimum Gasteiger partial charge on any atom is -0.508 e. The van der Waals surface area contributed by atoms with Crippen molar-refractivity contribution in [2.24, 2.45) is 0 Å². The number of thioether (sulfide) groups is 1. The van der Waals surface area contributed by atoms with Crippen molar-refractivity contribution in [1.29, 1.82) is 0 Å². The van der Waals surface area contributed by atoms with Gasteiger partial charge in [-0.25, -0.2) is 0 Å². The van der Waals surface area contributed by atoms with Crippen LogP contribution in [0.5, 0.6) is 5.75 Å². The van der Waals surface area contributed by atoms with Gasteiger partial charge in [0.1, 0.15) is 5.75 Å². The Morgan fingerprint density at radius 1 is 1.04 bits per heavy atom. The second kappa shape index (κ2) is 6.59. The highest BCUT2D eigenvalue weighted by Gasteiger charge is 2.24. The number of phenols is 1. The van der Waals surface area contributed by atoms with E-state index in [1.807, 2.05) is 0 Å². The predicted octanol–water partition coefficient (Wildman–Crippen LogP) is 2.97. The fourth-order valence-corrected chi connectivity index (χ4v) is 2.73. The number of aromatic hydroxyl groups is 1. The standard InChI is InChI=1S/C17H12N2O4S/c20-13-7-5-12(6-8-13)18-15(21)11-3-1-10(2-4-11)9-14-16(22)19-17(23)24-14/h1-9,20H,(H,18,21)(H,19,22,23)/b14-9-. The van der Waals surface area contributed by atoms with Crippen LogP contribution in [0.15, 0.2) is 53.4 Å². The molecule has 0 aromatic heterocycles. The molecule has 0 spiro atoms. The second-order valence-electron chi connectivity index (χ2n) is 4.98. The lowest BCUT2D eigenvalue weighted by Gasteiger charge is -2.05. The maximum absolute atomic E-state index is 12.1. The number of imide groups is 1. The summed E-state index contributed by atoms with van der Waals surface area (Å²) in [5.41, 5.74) is 1.73. The van der Waals surface area contributed by atoms with Gasteiger partial charge >= 0.3 is 0 Å². The summed E-state index contributed by atoms with van der Waals surface area (Å²) in [6.45, 7) is 0. The van der Waals surface area contributed by atoms with Crippen LogP contribution in [0.4, 0.5) is 10.5 Å². The third-order valence-electron chi connectivity index (χ3n) is 3.24. The molecule has 7 heteroatoms. The van der Waals surface area contributed by atoms with Crippen molar-refractivity contribution in [2.75, 3.05) is 5.32 Å². The van der Waals surface area contributed by atoms with Crippen LogP contribution >= 0.6 is 11.8 Å². The SMILES string of the molecule is O=C1NC(=O)/C(=C/c2ccc(C(=O)Nc3ccc(O)cc3)cc2)S1. The van der Waals surface area contributed by atoms with E-state index in [0.29, 0.717) is 21.7 Å². The first-order valence-corrected chi connectivity index (χ1v) is 7.78. The van der Waals surface area contributed by atoms with Crippen LogP contribution in [0.2, 0.25) is 0 Å². The van der Waals surface area contributed by atoms with E-state index in [1.54, 1.807) is 42.5 Å². The summed E-state index contributed by atoms with van der Waals surface area (Å²) in [4.78, 5) is 35.1. The Hall–Kier alpha value is -3.06. The largest absolute Gasteiger partial charge is 0.508 e. The van der Waals surface area contributed by atoms with E-state index in [1.165, 1.54) is 12.1 Å². The van der Waals surface area contributed by atoms with Crippen molar-refractivity contribution in [1.82, 2.24) is 5.32 Å². The molecule has 0 aliphatic carbocycles. The van der Waals surface area contributed by atoms with Gasteiger partial charge in [-0.05, 0) is 59.8 Å². The molecular formula is C17H12N2O4S. The number of phenolic OH excluding ortho intramolecular Hbond substituents is 1. The average molecular weight is 340 g/mol. The van der Waals surface area contributed by atoms with E-state index >= 15 is 0 Å². The van der Waals surface area contributed by atoms with Crippen LogP contribution in [0.25, 0.3) is 6.08 Å². The summed E-state index contributed by atoms with van der Waals surface area (Å²) in [6, 6.07) is 12.8. The molecule has 3 amide bonds. The summed E-state index contributed by atoms with van der Waals surface area (Å²) in [6.07, 6.45) is 1.59. The molecule has 1 aliphatic heterocycles. The number of hydrogen-bond acceptors (Lipinski definition) is 5. The summed E-state index contributed by atoms with van der Waals surface area (Å²) >= 11 is 0.844. The van der Waals surface area contributed by atoms with Gasteiger partial charge in [0.2, 0.25) is 0 Å². The zero-order valence-corrected chi connectivity index (χ0v) is 13.1. The van der Waals surface area contributed by atoms with Crippen molar-refractivity contribution < 1.29 is 19.5 Å². The molecule has 1 aliphatic rings. The van der Waals surface area contributed by atoms with E-state index in [9.17, 15) is 19.5 Å². The molecule has 1 heterocycles. The highest BCUT2D eigenvalue weighted by molar-refractivity contribution is 8.18. The molecule has 2 aromatic rings. The van der Waals surface area contributed by atoms with E-state index in [0.717, 1.165) is 11.8 Å². The minimum atomic E-state index is -0.417. The third kappa shape index (κ3) is 3.64. The van der Waals surface area contributed by atoms with E-state index in [-0.39, 0.29) is 11.7 Å². The lowest BCUT2D eigenvalue weighted by molar-refractivity contribution is -0.115. The maximum atomic E-state index is 12.1. The molecule has 3 rings (SSSR count). The molecule has 1 saturated heterocycles. The fraction of sp³-hybridized carbons (Fsp3) is 0. The Morgan fingerprint density at radius 3 is 2.29 bits per heavy atom. The molecule has 0 radical (unpaired) electrons. The monoisotopic (exact) mass is 340 g/mol. The lowest BCUT2D eigenvalue weighted by Crippen LogP contribution is -2.17. The van der Waals surface area contributed by atoms with Gasteiger partial charge < -0.3 is 10.4 Å². The quantitative estimate of drug-likeness (QED) is 0.590. The molecule has 0 unspecified atom stereocenters. The Labute approximate surface area is 141 Å². The number of anilines is 1. The highest BCUT2D eigenvalue weighted by atomic mass is 32.2. The molecular weight excluding hydrogens is 328 g/mol. The number of hydrogen-bond donors (Lipinski definition) is 3. The first-order valence-electron chi connectivity index (χ1n) is 6.96. The molecule has 3 N–H and O–H groups in total. The Balaban J connectivity index is 1.71. The average Bonchev–Trinajstić information content (AvgIpc) is 2.88. The summed E-state index contributed by atoms with van der Waals surface area (Å²) in [5.74, 6) is -0.583. The van der Waals surface area contributed by atoms with Crippen molar-refractivity contribution in [3.05, 3.63) is 64.6 Å². The topological polar surface area (TPSA) is 95.5 Å². The van der Waals surface area contributed by atoms with Crippen LogP contribution in [-0.2, 0) is 4.79 Å². The second-order valence-corrected chi connectivity index (χ2v) is 5.99. The molecule has 0 bridgehead atoms. The number of rotatable bonds is 3. The fourth-order valence-electron chi connectivity index (χ4n) is 2.05. The van der Waals surface area contributed by atoms with Gasteiger partial charge in [0.15, 0.2) is 0 Å². The van der Waals surface area contributed by atoms with Crippen molar-refractivity contribution in [2.45, 2.75) is 0 Å². The number of carbonyl (C=O) groups excluding carboxylic acids is 3. The molecule has 6 nitrogen and oxygen atoms in total. The van der Waals surface area contributed by atoms with Crippen molar-refractivity contribution >= 4 is 40.6 Å². The minimum absolute atomic E-state index is 0.123. The number of amides is 3. The van der Waals surface area contributed by atoms with Gasteiger partial charge in [-0.15, -0.1) is 0 Å². The third-order valence-corrected chi connectivity index (χ3v) is 4.05. The van der Waals surface area contributed by atoms with Crippen LogP contribution < -0.4 is 10.6 Å². The van der Waals surface area contributed by atoms with Crippen LogP contribution in [0.3, 0.4) is 0 Å². The van der Waals surface area contributed by atoms with Crippen LogP contribution in [-0.4, -0.2) is 22.2 Å². The number of nitrogens with one attached hydrogen (secondary N) is 2. The molecule has 0 atom stereocenters. The zero-order valence-electron chi connectivity index (χ0n) is 12.3. The van der Waals surface area contributed by atoms with Crippen LogP contribution in [0.1, 0.15) is 15.9 Å². The normalized spacial score (nSPS) is 15.4. The molecule has 24 heavy (non-hydrogen) atoms. The van der Waals surface area contributed by atoms with Gasteiger partial charge in [0, 0.05) is 11.3 Å². The summed E-state index contributed by atoms with van der Waals surface area (Å²) in [5, 5.41) is 13.7. The van der Waals surface area contributed by atoms with Gasteiger partial charge in [-0.3, -0.25) is 19.7 Å². The Bertz CT molecular complexity index is 842. The maximum Gasteiger partial charge on any atom is 0.290 e. The smallest absolute Gasteiger partial charge is 0.290 e. The molecule has 2 aromatic carbocycles. The van der Waals surface area contributed by atoms with E-state index < -0.39 is 11.1 Å². The van der Waals surface area contributed by atoms with Gasteiger partial charge in [0.25, 0.3) is 17.1 Å². The van der Waals surface area contributed by atoms with E-state index in [2.05, 4.69) is 10.6 Å². The Morgan fingerprint density at radius 2 is 1.71 bits per heavy atom. The van der Waals surface area contributed by atoms with Gasteiger partial charge in [0.05, 0.1) is 4.91 Å². The number of benzene rings is 2. The summed E-state index contributed by atoms with van der Waals surface area (Å²) in [7, 11) is 0. The van der Waals surface area contributed by atoms with Crippen molar-refractivity contribution in [3.63, 3.8) is 0 Å². The zero-order chi connectivity index (χ0) is 17.1. The highest BCUT2D eigenvalue weighted by Crippen LogP contribution is 2.25. The molecule has 0 saturated carbocycles.